The number of phenols is 1. The van der Waals surface area contributed by atoms with Gasteiger partial charge in [-0.2, -0.15) is 0 Å². The van der Waals surface area contributed by atoms with E-state index in [9.17, 15) is 14.7 Å². The van der Waals surface area contributed by atoms with E-state index in [1.54, 1.807) is 29.2 Å². The quantitative estimate of drug-likeness (QED) is 0.887. The monoisotopic (exact) mass is 324 g/mol. The topological polar surface area (TPSA) is 69.6 Å². The summed E-state index contributed by atoms with van der Waals surface area (Å²) in [6.45, 7) is 1.65. The van der Waals surface area contributed by atoms with Gasteiger partial charge in [-0.05, 0) is 28.8 Å². The lowest BCUT2D eigenvalue weighted by Crippen LogP contribution is -2.28. The smallest absolute Gasteiger partial charge is 0.223 e. The summed E-state index contributed by atoms with van der Waals surface area (Å²) in [6, 6.07) is 14.7. The van der Waals surface area contributed by atoms with Gasteiger partial charge in [0.15, 0.2) is 0 Å². The second-order valence-electron chi connectivity index (χ2n) is 5.96. The zero-order chi connectivity index (χ0) is 16.9. The van der Waals surface area contributed by atoms with Gasteiger partial charge in [0.2, 0.25) is 11.8 Å². The summed E-state index contributed by atoms with van der Waals surface area (Å²) in [5.74, 6) is 0.0569. The Kier molecular flexibility index (Phi) is 4.79. The number of aromatic hydroxyl groups is 1. The van der Waals surface area contributed by atoms with E-state index in [4.69, 9.17) is 0 Å². The molecule has 0 saturated heterocycles. The molecule has 5 heteroatoms. The maximum absolute atomic E-state index is 12.2. The molecule has 0 aliphatic carbocycles. The number of nitrogens with zero attached hydrogens (tertiary/aromatic N) is 1. The summed E-state index contributed by atoms with van der Waals surface area (Å²) in [5, 5.41) is 12.0. The van der Waals surface area contributed by atoms with Crippen LogP contribution in [-0.2, 0) is 29.2 Å². The van der Waals surface area contributed by atoms with Gasteiger partial charge in [0, 0.05) is 32.5 Å². The van der Waals surface area contributed by atoms with Crippen molar-refractivity contribution in [1.82, 2.24) is 10.2 Å². The van der Waals surface area contributed by atoms with Gasteiger partial charge in [-0.15, -0.1) is 0 Å². The van der Waals surface area contributed by atoms with Gasteiger partial charge in [0.05, 0.1) is 0 Å². The molecule has 24 heavy (non-hydrogen) atoms. The van der Waals surface area contributed by atoms with E-state index in [0.717, 1.165) is 5.56 Å². The Morgan fingerprint density at radius 3 is 2.21 bits per heavy atom. The standard InChI is InChI=1S/C19H20N2O3/c22-17-7-5-14(6-8-17)11-20-18(23)9-10-19(24)21-12-15-3-1-2-4-16(15)13-21/h1-8,22H,9-13H2,(H,20,23). The Bertz CT molecular complexity index is 716. The Labute approximate surface area is 140 Å². The van der Waals surface area contributed by atoms with Crippen LogP contribution in [-0.4, -0.2) is 21.8 Å². The predicted molar refractivity (Wildman–Crippen MR) is 89.9 cm³/mol. The average Bonchev–Trinajstić information content (AvgIpc) is 3.03. The molecule has 5 nitrogen and oxygen atoms in total. The van der Waals surface area contributed by atoms with E-state index in [1.165, 1.54) is 11.1 Å². The predicted octanol–water partition coefficient (Wildman–Crippen LogP) is 2.33. The molecule has 0 atom stereocenters. The molecule has 0 unspecified atom stereocenters. The first-order chi connectivity index (χ1) is 11.6. The maximum atomic E-state index is 12.2. The average molecular weight is 324 g/mol. The number of nitrogens with one attached hydrogen (secondary N) is 1. The number of amides is 2. The number of hydrogen-bond donors (Lipinski definition) is 2. The Morgan fingerprint density at radius 1 is 0.958 bits per heavy atom. The number of carbonyl (C=O) groups is 2. The van der Waals surface area contributed by atoms with Crippen LogP contribution in [0.1, 0.15) is 29.5 Å². The van der Waals surface area contributed by atoms with Crippen LogP contribution in [0.25, 0.3) is 0 Å². The molecule has 2 aromatic rings. The molecule has 0 saturated carbocycles. The summed E-state index contributed by atoms with van der Waals surface area (Å²) in [6.07, 6.45) is 0.402. The molecule has 3 rings (SSSR count). The van der Waals surface area contributed by atoms with Crippen molar-refractivity contribution >= 4 is 11.8 Å². The first-order valence-electron chi connectivity index (χ1n) is 8.01. The lowest BCUT2D eigenvalue weighted by Gasteiger charge is -2.15. The van der Waals surface area contributed by atoms with E-state index in [2.05, 4.69) is 5.32 Å². The summed E-state index contributed by atoms with van der Waals surface area (Å²) >= 11 is 0. The number of phenolic OH excluding ortho intramolecular Hbond substituents is 1. The van der Waals surface area contributed by atoms with Crippen molar-refractivity contribution in [3.63, 3.8) is 0 Å². The van der Waals surface area contributed by atoms with Crippen molar-refractivity contribution in [2.75, 3.05) is 0 Å². The second-order valence-corrected chi connectivity index (χ2v) is 5.96. The molecule has 0 bridgehead atoms. The highest BCUT2D eigenvalue weighted by atomic mass is 16.3. The molecule has 2 amide bonds. The SMILES string of the molecule is O=C(CCC(=O)N1Cc2ccccc2C1)NCc1ccc(O)cc1. The van der Waals surface area contributed by atoms with Crippen LogP contribution < -0.4 is 5.32 Å². The van der Waals surface area contributed by atoms with Crippen LogP contribution in [0, 0.1) is 0 Å². The zero-order valence-corrected chi connectivity index (χ0v) is 13.4. The van der Waals surface area contributed by atoms with E-state index in [0.29, 0.717) is 19.6 Å². The van der Waals surface area contributed by atoms with Gasteiger partial charge in [0.1, 0.15) is 5.75 Å². The molecule has 0 radical (unpaired) electrons. The number of rotatable bonds is 5. The van der Waals surface area contributed by atoms with Gasteiger partial charge >= 0.3 is 0 Å². The molecule has 1 aliphatic heterocycles. The number of fused-ring (bicyclic) bond motifs is 1. The van der Waals surface area contributed by atoms with Crippen LogP contribution in [0.2, 0.25) is 0 Å². The van der Waals surface area contributed by atoms with Gasteiger partial charge in [-0.25, -0.2) is 0 Å². The Hall–Kier alpha value is -2.82. The van der Waals surface area contributed by atoms with E-state index in [1.807, 2.05) is 24.3 Å². The lowest BCUT2D eigenvalue weighted by atomic mass is 10.1. The van der Waals surface area contributed by atoms with Crippen molar-refractivity contribution in [2.24, 2.45) is 0 Å². The van der Waals surface area contributed by atoms with E-state index < -0.39 is 0 Å². The molecule has 0 fully saturated rings. The Balaban J connectivity index is 1.42. The summed E-state index contributed by atoms with van der Waals surface area (Å²) < 4.78 is 0. The summed E-state index contributed by atoms with van der Waals surface area (Å²) in [4.78, 5) is 25.9. The van der Waals surface area contributed by atoms with Crippen molar-refractivity contribution < 1.29 is 14.7 Å². The summed E-state index contributed by atoms with van der Waals surface area (Å²) in [7, 11) is 0. The van der Waals surface area contributed by atoms with Gasteiger partial charge in [0.25, 0.3) is 0 Å². The molecule has 1 aliphatic rings. The highest BCUT2D eigenvalue weighted by molar-refractivity contribution is 5.84. The number of carbonyl (C=O) groups excluding carboxylic acids is 2. The third-order valence-corrected chi connectivity index (χ3v) is 4.19. The fraction of sp³-hybridized carbons (Fsp3) is 0.263. The minimum atomic E-state index is -0.145. The highest BCUT2D eigenvalue weighted by Gasteiger charge is 2.22. The fourth-order valence-electron chi connectivity index (χ4n) is 2.79. The van der Waals surface area contributed by atoms with Crippen LogP contribution >= 0.6 is 0 Å². The minimum absolute atomic E-state index is 0.00554. The van der Waals surface area contributed by atoms with Crippen molar-refractivity contribution in [1.29, 1.82) is 0 Å². The van der Waals surface area contributed by atoms with Crippen LogP contribution in [0.5, 0.6) is 5.75 Å². The normalized spacial score (nSPS) is 12.8. The highest BCUT2D eigenvalue weighted by Crippen LogP contribution is 2.22. The van der Waals surface area contributed by atoms with Crippen LogP contribution in [0.15, 0.2) is 48.5 Å². The lowest BCUT2D eigenvalue weighted by molar-refractivity contribution is -0.134. The molecule has 2 aromatic carbocycles. The molecule has 0 spiro atoms. The van der Waals surface area contributed by atoms with Crippen molar-refractivity contribution in [3.8, 4) is 5.75 Å². The molecular formula is C19H20N2O3. The van der Waals surface area contributed by atoms with Gasteiger partial charge in [-0.3, -0.25) is 9.59 Å². The largest absolute Gasteiger partial charge is 0.508 e. The van der Waals surface area contributed by atoms with Crippen molar-refractivity contribution in [2.45, 2.75) is 32.5 Å². The first-order valence-corrected chi connectivity index (χ1v) is 8.01. The molecule has 2 N–H and O–H groups in total. The maximum Gasteiger partial charge on any atom is 0.223 e. The molecule has 0 aromatic heterocycles. The third kappa shape index (κ3) is 3.93. The van der Waals surface area contributed by atoms with Crippen LogP contribution in [0.4, 0.5) is 0 Å². The molecule has 1 heterocycles. The van der Waals surface area contributed by atoms with E-state index >= 15 is 0 Å². The zero-order valence-electron chi connectivity index (χ0n) is 13.4. The van der Waals surface area contributed by atoms with Crippen molar-refractivity contribution in [3.05, 3.63) is 65.2 Å². The number of hydrogen-bond acceptors (Lipinski definition) is 3. The molecule has 124 valence electrons. The second kappa shape index (κ2) is 7.17. The van der Waals surface area contributed by atoms with Gasteiger partial charge in [-0.1, -0.05) is 36.4 Å². The fourth-order valence-corrected chi connectivity index (χ4v) is 2.79. The van der Waals surface area contributed by atoms with E-state index in [-0.39, 0.29) is 30.4 Å². The Morgan fingerprint density at radius 2 is 1.58 bits per heavy atom. The first kappa shape index (κ1) is 16.1. The summed E-state index contributed by atoms with van der Waals surface area (Å²) in [5.41, 5.74) is 3.27. The minimum Gasteiger partial charge on any atom is -0.508 e. The van der Waals surface area contributed by atoms with Crippen LogP contribution in [0.3, 0.4) is 0 Å². The molecular weight excluding hydrogens is 304 g/mol. The number of benzene rings is 2. The van der Waals surface area contributed by atoms with Gasteiger partial charge < -0.3 is 15.3 Å². The third-order valence-electron chi connectivity index (χ3n) is 4.19.